The minimum Gasteiger partial charge on any atom is -0.478 e. The fourth-order valence-corrected chi connectivity index (χ4v) is 1.47. The molecule has 0 aliphatic heterocycles. The maximum absolute atomic E-state index is 10.8. The number of carboxylic acids is 1. The summed E-state index contributed by atoms with van der Waals surface area (Å²) in [5.41, 5.74) is 1.90. The SMILES string of the molecule is CC(=S)c1cccc(C(=O)O)c1C. The molecular formula is C10H10O2S. The Morgan fingerprint density at radius 2 is 1.92 bits per heavy atom. The van der Waals surface area contributed by atoms with E-state index in [9.17, 15) is 4.79 Å². The van der Waals surface area contributed by atoms with Crippen molar-refractivity contribution in [2.75, 3.05) is 0 Å². The van der Waals surface area contributed by atoms with Crippen LogP contribution < -0.4 is 0 Å². The Bertz CT molecular complexity index is 337. The molecular weight excluding hydrogens is 184 g/mol. The molecule has 1 aromatic rings. The number of hydrogen-bond acceptors (Lipinski definition) is 2. The summed E-state index contributed by atoms with van der Waals surface area (Å²) in [4.78, 5) is 11.5. The van der Waals surface area contributed by atoms with Crippen LogP contribution in [0.2, 0.25) is 0 Å². The normalized spacial score (nSPS) is 9.69. The summed E-state index contributed by atoms with van der Waals surface area (Å²) >= 11 is 5.00. The Morgan fingerprint density at radius 1 is 1.38 bits per heavy atom. The lowest BCUT2D eigenvalue weighted by Gasteiger charge is -2.06. The third-order valence-electron chi connectivity index (χ3n) is 1.94. The van der Waals surface area contributed by atoms with Crippen molar-refractivity contribution in [1.29, 1.82) is 0 Å². The third kappa shape index (κ3) is 1.92. The van der Waals surface area contributed by atoms with Gasteiger partial charge in [-0.25, -0.2) is 4.79 Å². The molecule has 0 atom stereocenters. The predicted octanol–water partition coefficient (Wildman–Crippen LogP) is 2.43. The first-order valence-electron chi connectivity index (χ1n) is 3.88. The Balaban J connectivity index is 3.35. The smallest absolute Gasteiger partial charge is 0.335 e. The molecule has 0 radical (unpaired) electrons. The van der Waals surface area contributed by atoms with Crippen LogP contribution >= 0.6 is 12.2 Å². The molecule has 0 fully saturated rings. The zero-order chi connectivity index (χ0) is 10.0. The molecule has 0 amide bonds. The van der Waals surface area contributed by atoms with Crippen LogP contribution in [-0.4, -0.2) is 15.9 Å². The molecule has 3 heteroatoms. The summed E-state index contributed by atoms with van der Waals surface area (Å²) in [6.45, 7) is 3.57. The summed E-state index contributed by atoms with van der Waals surface area (Å²) in [7, 11) is 0. The molecule has 0 spiro atoms. The fraction of sp³-hybridized carbons (Fsp3) is 0.200. The zero-order valence-corrected chi connectivity index (χ0v) is 8.31. The van der Waals surface area contributed by atoms with Gasteiger partial charge < -0.3 is 5.11 Å². The van der Waals surface area contributed by atoms with Crippen molar-refractivity contribution in [3.63, 3.8) is 0 Å². The minimum absolute atomic E-state index is 0.321. The zero-order valence-electron chi connectivity index (χ0n) is 7.50. The number of hydrogen-bond donors (Lipinski definition) is 1. The van der Waals surface area contributed by atoms with Gasteiger partial charge in [0, 0.05) is 4.86 Å². The molecule has 1 N–H and O–H groups in total. The van der Waals surface area contributed by atoms with Gasteiger partial charge in [-0.05, 0) is 31.0 Å². The molecule has 0 aliphatic rings. The van der Waals surface area contributed by atoms with Crippen molar-refractivity contribution in [1.82, 2.24) is 0 Å². The maximum atomic E-state index is 10.8. The van der Waals surface area contributed by atoms with E-state index in [2.05, 4.69) is 0 Å². The van der Waals surface area contributed by atoms with E-state index in [4.69, 9.17) is 17.3 Å². The number of rotatable bonds is 2. The van der Waals surface area contributed by atoms with E-state index in [0.29, 0.717) is 5.56 Å². The molecule has 1 rings (SSSR count). The maximum Gasteiger partial charge on any atom is 0.335 e. The first kappa shape index (κ1) is 9.86. The van der Waals surface area contributed by atoms with Crippen LogP contribution in [-0.2, 0) is 0 Å². The highest BCUT2D eigenvalue weighted by Crippen LogP contribution is 2.14. The van der Waals surface area contributed by atoms with E-state index in [1.807, 2.05) is 6.07 Å². The van der Waals surface area contributed by atoms with E-state index in [1.165, 1.54) is 0 Å². The first-order chi connectivity index (χ1) is 6.04. The minimum atomic E-state index is -0.907. The van der Waals surface area contributed by atoms with Crippen molar-refractivity contribution in [2.24, 2.45) is 0 Å². The summed E-state index contributed by atoms with van der Waals surface area (Å²) in [6, 6.07) is 5.13. The molecule has 0 aliphatic carbocycles. The van der Waals surface area contributed by atoms with Crippen molar-refractivity contribution < 1.29 is 9.90 Å². The van der Waals surface area contributed by atoms with Crippen LogP contribution in [0.5, 0.6) is 0 Å². The summed E-state index contributed by atoms with van der Waals surface area (Å²) in [5.74, 6) is -0.907. The second-order valence-corrected chi connectivity index (χ2v) is 3.45. The van der Waals surface area contributed by atoms with E-state index < -0.39 is 5.97 Å². The average molecular weight is 194 g/mol. The van der Waals surface area contributed by atoms with Crippen LogP contribution in [0.15, 0.2) is 18.2 Å². The highest BCUT2D eigenvalue weighted by atomic mass is 32.1. The Labute approximate surface area is 82.2 Å². The van der Waals surface area contributed by atoms with Gasteiger partial charge in [-0.15, -0.1) is 0 Å². The lowest BCUT2D eigenvalue weighted by Crippen LogP contribution is -2.04. The standard InChI is InChI=1S/C10H10O2S/c1-6-8(7(2)13)4-3-5-9(6)10(11)12/h3-5H,1-2H3,(H,11,12). The summed E-state index contributed by atoms with van der Waals surface area (Å²) in [5, 5.41) is 8.83. The van der Waals surface area contributed by atoms with Crippen molar-refractivity contribution in [2.45, 2.75) is 13.8 Å². The quantitative estimate of drug-likeness (QED) is 0.580. The lowest BCUT2D eigenvalue weighted by atomic mass is 10.0. The monoisotopic (exact) mass is 194 g/mol. The van der Waals surface area contributed by atoms with Crippen LogP contribution in [0.4, 0.5) is 0 Å². The lowest BCUT2D eigenvalue weighted by molar-refractivity contribution is 0.0696. The number of carboxylic acid groups (broad SMARTS) is 1. The van der Waals surface area contributed by atoms with Gasteiger partial charge in [0.1, 0.15) is 0 Å². The average Bonchev–Trinajstić information content (AvgIpc) is 2.03. The topological polar surface area (TPSA) is 37.3 Å². The van der Waals surface area contributed by atoms with Gasteiger partial charge in [-0.3, -0.25) is 0 Å². The Morgan fingerprint density at radius 3 is 2.38 bits per heavy atom. The summed E-state index contributed by atoms with van der Waals surface area (Å²) < 4.78 is 0. The van der Waals surface area contributed by atoms with Crippen LogP contribution in [0.3, 0.4) is 0 Å². The Kier molecular flexibility index (Phi) is 2.78. The van der Waals surface area contributed by atoms with E-state index in [1.54, 1.807) is 26.0 Å². The highest BCUT2D eigenvalue weighted by Gasteiger charge is 2.10. The molecule has 68 valence electrons. The van der Waals surface area contributed by atoms with E-state index in [-0.39, 0.29) is 0 Å². The number of thiocarbonyl (C=S) groups is 1. The number of aromatic carboxylic acids is 1. The first-order valence-corrected chi connectivity index (χ1v) is 4.28. The molecule has 0 saturated carbocycles. The molecule has 0 bridgehead atoms. The van der Waals surface area contributed by atoms with Crippen molar-refractivity contribution in [3.05, 3.63) is 34.9 Å². The third-order valence-corrected chi connectivity index (χ3v) is 2.16. The Hall–Kier alpha value is -1.22. The van der Waals surface area contributed by atoms with E-state index in [0.717, 1.165) is 16.0 Å². The van der Waals surface area contributed by atoms with Crippen LogP contribution in [0, 0.1) is 6.92 Å². The van der Waals surface area contributed by atoms with Gasteiger partial charge >= 0.3 is 5.97 Å². The van der Waals surface area contributed by atoms with Gasteiger partial charge in [-0.2, -0.15) is 0 Å². The molecule has 0 saturated heterocycles. The predicted molar refractivity (Wildman–Crippen MR) is 55.5 cm³/mol. The second kappa shape index (κ2) is 3.66. The van der Waals surface area contributed by atoms with Gasteiger partial charge in [-0.1, -0.05) is 24.4 Å². The number of carbonyl (C=O) groups is 1. The largest absolute Gasteiger partial charge is 0.478 e. The molecule has 2 nitrogen and oxygen atoms in total. The van der Waals surface area contributed by atoms with Gasteiger partial charge in [0.15, 0.2) is 0 Å². The summed E-state index contributed by atoms with van der Waals surface area (Å²) in [6.07, 6.45) is 0. The molecule has 1 aromatic carbocycles. The second-order valence-electron chi connectivity index (χ2n) is 2.84. The van der Waals surface area contributed by atoms with Gasteiger partial charge in [0.05, 0.1) is 5.56 Å². The molecule has 0 heterocycles. The van der Waals surface area contributed by atoms with Gasteiger partial charge in [0.25, 0.3) is 0 Å². The molecule has 0 aromatic heterocycles. The fourth-order valence-electron chi connectivity index (χ4n) is 1.25. The van der Waals surface area contributed by atoms with Crippen LogP contribution in [0.1, 0.15) is 28.4 Å². The van der Waals surface area contributed by atoms with Crippen LogP contribution in [0.25, 0.3) is 0 Å². The van der Waals surface area contributed by atoms with Gasteiger partial charge in [0.2, 0.25) is 0 Å². The molecule has 13 heavy (non-hydrogen) atoms. The van der Waals surface area contributed by atoms with E-state index >= 15 is 0 Å². The highest BCUT2D eigenvalue weighted by molar-refractivity contribution is 7.80. The van der Waals surface area contributed by atoms with Crippen molar-refractivity contribution in [3.8, 4) is 0 Å². The number of benzene rings is 1. The van der Waals surface area contributed by atoms with Crippen molar-refractivity contribution >= 4 is 23.1 Å². The molecule has 0 unspecified atom stereocenters.